The molecule has 1 aliphatic heterocycles. The van der Waals surface area contributed by atoms with Crippen molar-refractivity contribution in [1.82, 2.24) is 19.7 Å². The maximum atomic E-state index is 12.9. The molecule has 0 saturated carbocycles. The highest BCUT2D eigenvalue weighted by atomic mass is 35.5. The van der Waals surface area contributed by atoms with E-state index in [-0.39, 0.29) is 11.9 Å². The second-order valence-corrected chi connectivity index (χ2v) is 7.61. The molecule has 0 spiro atoms. The van der Waals surface area contributed by atoms with E-state index in [4.69, 9.17) is 23.2 Å². The Hall–Kier alpha value is -1.59. The smallest absolute Gasteiger partial charge is 0.273 e. The lowest BCUT2D eigenvalue weighted by molar-refractivity contribution is 0.0729. The van der Waals surface area contributed by atoms with E-state index in [1.54, 1.807) is 18.2 Å². The van der Waals surface area contributed by atoms with Gasteiger partial charge in [0.1, 0.15) is 16.0 Å². The lowest BCUT2D eigenvalue weighted by Gasteiger charge is -2.24. The van der Waals surface area contributed by atoms with Crippen LogP contribution < -0.4 is 0 Å². The first kappa shape index (κ1) is 18.2. The third-order valence-electron chi connectivity index (χ3n) is 4.43. The summed E-state index contributed by atoms with van der Waals surface area (Å²) in [7, 11) is 0. The predicted molar refractivity (Wildman–Crippen MR) is 99.1 cm³/mol. The Morgan fingerprint density at radius 2 is 2.12 bits per heavy atom. The fourth-order valence-electron chi connectivity index (χ4n) is 3.40. The van der Waals surface area contributed by atoms with Crippen LogP contribution in [-0.2, 0) is 6.54 Å². The quantitative estimate of drug-likeness (QED) is 0.732. The summed E-state index contributed by atoms with van der Waals surface area (Å²) in [5, 5.41) is 5.54. The first-order chi connectivity index (χ1) is 11.9. The molecule has 0 aromatic carbocycles. The van der Waals surface area contributed by atoms with Crippen molar-refractivity contribution in [3.63, 3.8) is 0 Å². The van der Waals surface area contributed by atoms with Crippen molar-refractivity contribution >= 4 is 29.1 Å². The number of pyridine rings is 1. The average molecular weight is 381 g/mol. The van der Waals surface area contributed by atoms with E-state index in [9.17, 15) is 4.79 Å². The number of likely N-dealkylation sites (tertiary alicyclic amines) is 1. The first-order valence-corrected chi connectivity index (χ1v) is 9.30. The summed E-state index contributed by atoms with van der Waals surface area (Å²) in [5.41, 5.74) is 2.20. The highest BCUT2D eigenvalue weighted by Gasteiger charge is 2.35. The van der Waals surface area contributed by atoms with E-state index >= 15 is 0 Å². The molecule has 1 atom stereocenters. The summed E-state index contributed by atoms with van der Waals surface area (Å²) < 4.78 is 1.84. The molecule has 2 aromatic rings. The molecular weight excluding hydrogens is 359 g/mol. The van der Waals surface area contributed by atoms with Gasteiger partial charge in [-0.1, -0.05) is 43.1 Å². The number of amides is 1. The molecule has 2 aromatic heterocycles. The van der Waals surface area contributed by atoms with Gasteiger partial charge in [0.15, 0.2) is 0 Å². The lowest BCUT2D eigenvalue weighted by Crippen LogP contribution is -2.31. The van der Waals surface area contributed by atoms with E-state index < -0.39 is 0 Å². The molecule has 1 fully saturated rings. The van der Waals surface area contributed by atoms with Gasteiger partial charge in [-0.05, 0) is 37.8 Å². The molecule has 1 aliphatic rings. The second-order valence-electron chi connectivity index (χ2n) is 6.87. The maximum absolute atomic E-state index is 12.9. The van der Waals surface area contributed by atoms with Crippen LogP contribution in [0.1, 0.15) is 54.5 Å². The minimum atomic E-state index is -0.114. The lowest BCUT2D eigenvalue weighted by atomic mass is 10.1. The molecule has 0 bridgehead atoms. The van der Waals surface area contributed by atoms with E-state index in [0.717, 1.165) is 30.6 Å². The van der Waals surface area contributed by atoms with Crippen LogP contribution in [0.15, 0.2) is 18.2 Å². The Labute approximate surface area is 157 Å². The molecule has 3 rings (SSSR count). The van der Waals surface area contributed by atoms with Crippen LogP contribution in [0.2, 0.25) is 10.3 Å². The molecule has 25 heavy (non-hydrogen) atoms. The van der Waals surface area contributed by atoms with Crippen LogP contribution in [0.3, 0.4) is 0 Å². The number of hydrogen-bond donors (Lipinski definition) is 0. The monoisotopic (exact) mass is 380 g/mol. The molecule has 0 N–H and O–H groups in total. The van der Waals surface area contributed by atoms with Crippen molar-refractivity contribution in [2.75, 3.05) is 6.54 Å². The standard InChI is InChI=1S/C18H22Cl2N4O/c1-11(2)10-24-17(20)16(12(3)22-24)14-7-5-9-23(14)18(25)13-6-4-8-15(19)21-13/h4,6,8,11,14H,5,7,9-10H2,1-3H3/t14-/m1/s1. The van der Waals surface area contributed by atoms with Gasteiger partial charge in [-0.3, -0.25) is 9.48 Å². The van der Waals surface area contributed by atoms with Crippen molar-refractivity contribution in [3.8, 4) is 0 Å². The van der Waals surface area contributed by atoms with Crippen LogP contribution in [0.25, 0.3) is 0 Å². The number of aromatic nitrogens is 3. The van der Waals surface area contributed by atoms with Crippen LogP contribution in [0, 0.1) is 12.8 Å². The second kappa shape index (κ2) is 7.34. The number of carbonyl (C=O) groups excluding carboxylic acids is 1. The Morgan fingerprint density at radius 1 is 1.36 bits per heavy atom. The largest absolute Gasteiger partial charge is 0.330 e. The molecule has 3 heterocycles. The minimum Gasteiger partial charge on any atom is -0.330 e. The molecular formula is C18H22Cl2N4O. The van der Waals surface area contributed by atoms with Crippen molar-refractivity contribution in [1.29, 1.82) is 0 Å². The number of rotatable bonds is 4. The molecule has 0 radical (unpaired) electrons. The summed E-state index contributed by atoms with van der Waals surface area (Å²) in [6.45, 7) is 7.65. The zero-order valence-corrected chi connectivity index (χ0v) is 16.2. The molecule has 1 amide bonds. The van der Waals surface area contributed by atoms with Gasteiger partial charge in [-0.2, -0.15) is 5.10 Å². The van der Waals surface area contributed by atoms with Gasteiger partial charge in [0.05, 0.1) is 11.7 Å². The fourth-order valence-corrected chi connectivity index (χ4v) is 3.93. The Kier molecular flexibility index (Phi) is 5.35. The molecule has 1 saturated heterocycles. The van der Waals surface area contributed by atoms with Crippen molar-refractivity contribution in [3.05, 3.63) is 45.5 Å². The molecule has 0 unspecified atom stereocenters. The van der Waals surface area contributed by atoms with Gasteiger partial charge in [-0.15, -0.1) is 0 Å². The highest BCUT2D eigenvalue weighted by Crippen LogP contribution is 2.38. The van der Waals surface area contributed by atoms with Crippen molar-refractivity contribution in [2.24, 2.45) is 5.92 Å². The predicted octanol–water partition coefficient (Wildman–Crippen LogP) is 4.53. The fraction of sp³-hybridized carbons (Fsp3) is 0.500. The summed E-state index contributed by atoms with van der Waals surface area (Å²) >= 11 is 12.6. The molecule has 0 aliphatic carbocycles. The zero-order valence-electron chi connectivity index (χ0n) is 14.7. The van der Waals surface area contributed by atoms with Crippen LogP contribution in [0.5, 0.6) is 0 Å². The van der Waals surface area contributed by atoms with Crippen LogP contribution in [-0.4, -0.2) is 32.1 Å². The average Bonchev–Trinajstić information content (AvgIpc) is 3.11. The molecule has 7 heteroatoms. The van der Waals surface area contributed by atoms with Gasteiger partial charge in [0.2, 0.25) is 0 Å². The van der Waals surface area contributed by atoms with Gasteiger partial charge in [0.25, 0.3) is 5.91 Å². The van der Waals surface area contributed by atoms with Crippen LogP contribution in [0.4, 0.5) is 0 Å². The van der Waals surface area contributed by atoms with Crippen molar-refractivity contribution in [2.45, 2.75) is 46.2 Å². The number of carbonyl (C=O) groups is 1. The van der Waals surface area contributed by atoms with Crippen molar-refractivity contribution < 1.29 is 4.79 Å². The number of nitrogens with zero attached hydrogens (tertiary/aromatic N) is 4. The Balaban J connectivity index is 1.92. The molecule has 5 nitrogen and oxygen atoms in total. The topological polar surface area (TPSA) is 51.0 Å². The normalized spacial score (nSPS) is 17.5. The van der Waals surface area contributed by atoms with Gasteiger partial charge in [0, 0.05) is 18.7 Å². The third-order valence-corrected chi connectivity index (χ3v) is 5.04. The number of aryl methyl sites for hydroxylation is 1. The SMILES string of the molecule is Cc1nn(CC(C)C)c(Cl)c1[C@H]1CCCN1C(=O)c1cccc(Cl)n1. The molecule has 134 valence electrons. The highest BCUT2D eigenvalue weighted by molar-refractivity contribution is 6.30. The Bertz CT molecular complexity index is 787. The van der Waals surface area contributed by atoms with Gasteiger partial charge in [-0.25, -0.2) is 4.98 Å². The number of hydrogen-bond acceptors (Lipinski definition) is 3. The summed E-state index contributed by atoms with van der Waals surface area (Å²) in [5.74, 6) is 0.332. The Morgan fingerprint density at radius 3 is 2.80 bits per heavy atom. The zero-order chi connectivity index (χ0) is 18.1. The van der Waals surface area contributed by atoms with E-state index in [0.29, 0.717) is 28.5 Å². The summed E-state index contributed by atoms with van der Waals surface area (Å²) in [6.07, 6.45) is 1.81. The van der Waals surface area contributed by atoms with E-state index in [1.807, 2.05) is 16.5 Å². The minimum absolute atomic E-state index is 0.0679. The van der Waals surface area contributed by atoms with Gasteiger partial charge >= 0.3 is 0 Å². The third kappa shape index (κ3) is 3.67. The maximum Gasteiger partial charge on any atom is 0.273 e. The van der Waals surface area contributed by atoms with E-state index in [2.05, 4.69) is 23.9 Å². The summed E-state index contributed by atoms with van der Waals surface area (Å²) in [4.78, 5) is 18.9. The van der Waals surface area contributed by atoms with E-state index in [1.165, 1.54) is 0 Å². The number of halogens is 2. The van der Waals surface area contributed by atoms with Crippen LogP contribution >= 0.6 is 23.2 Å². The summed E-state index contributed by atoms with van der Waals surface area (Å²) in [6, 6.07) is 5.03. The van der Waals surface area contributed by atoms with Gasteiger partial charge < -0.3 is 4.90 Å². The first-order valence-electron chi connectivity index (χ1n) is 8.54.